The Morgan fingerprint density at radius 1 is 1.05 bits per heavy atom. The van der Waals surface area contributed by atoms with Crippen LogP contribution in [0, 0.1) is 11.6 Å². The maximum atomic E-state index is 13.6. The van der Waals surface area contributed by atoms with Gasteiger partial charge in [0.25, 0.3) is 0 Å². The molecule has 0 aliphatic carbocycles. The SMILES string of the molecule is CNCc1ccc(OC)c(OCc2cc(F)ccc2F)c1. The summed E-state index contributed by atoms with van der Waals surface area (Å²) in [5.74, 6) is 0.0493. The summed E-state index contributed by atoms with van der Waals surface area (Å²) < 4.78 is 37.5. The molecule has 21 heavy (non-hydrogen) atoms. The second-order valence-corrected chi connectivity index (χ2v) is 4.54. The highest BCUT2D eigenvalue weighted by molar-refractivity contribution is 5.43. The van der Waals surface area contributed by atoms with Crippen molar-refractivity contribution in [3.8, 4) is 11.5 Å². The molecule has 3 nitrogen and oxygen atoms in total. The Morgan fingerprint density at radius 3 is 2.57 bits per heavy atom. The molecule has 0 spiro atoms. The number of methoxy groups -OCH3 is 1. The van der Waals surface area contributed by atoms with Gasteiger partial charge in [-0.05, 0) is 42.9 Å². The first-order valence-corrected chi connectivity index (χ1v) is 6.52. The Kier molecular flexibility index (Phi) is 5.11. The maximum absolute atomic E-state index is 13.6. The van der Waals surface area contributed by atoms with Gasteiger partial charge in [0.2, 0.25) is 0 Å². The van der Waals surface area contributed by atoms with Crippen LogP contribution in [0.1, 0.15) is 11.1 Å². The van der Waals surface area contributed by atoms with E-state index in [1.54, 1.807) is 6.07 Å². The molecule has 0 heterocycles. The lowest BCUT2D eigenvalue weighted by Gasteiger charge is -2.13. The minimum Gasteiger partial charge on any atom is -0.493 e. The average molecular weight is 293 g/mol. The molecule has 0 bridgehead atoms. The molecule has 2 rings (SSSR count). The van der Waals surface area contributed by atoms with Gasteiger partial charge < -0.3 is 14.8 Å². The number of halogens is 2. The molecule has 5 heteroatoms. The first-order chi connectivity index (χ1) is 10.1. The molecule has 0 aliphatic rings. The molecule has 0 amide bonds. The van der Waals surface area contributed by atoms with Crippen LogP contribution in [-0.2, 0) is 13.2 Å². The number of benzene rings is 2. The van der Waals surface area contributed by atoms with Crippen molar-refractivity contribution in [3.05, 3.63) is 59.2 Å². The van der Waals surface area contributed by atoms with Crippen LogP contribution in [0.15, 0.2) is 36.4 Å². The Labute approximate surface area is 122 Å². The third-order valence-electron chi connectivity index (χ3n) is 3.00. The van der Waals surface area contributed by atoms with E-state index in [9.17, 15) is 8.78 Å². The fourth-order valence-corrected chi connectivity index (χ4v) is 1.96. The Morgan fingerprint density at radius 2 is 1.86 bits per heavy atom. The summed E-state index contributed by atoms with van der Waals surface area (Å²) in [7, 11) is 3.37. The van der Waals surface area contributed by atoms with Crippen molar-refractivity contribution >= 4 is 0 Å². The van der Waals surface area contributed by atoms with E-state index in [1.165, 1.54) is 7.11 Å². The van der Waals surface area contributed by atoms with Crippen LogP contribution in [0.3, 0.4) is 0 Å². The molecule has 0 radical (unpaired) electrons. The molecule has 0 atom stereocenters. The second-order valence-electron chi connectivity index (χ2n) is 4.54. The van der Waals surface area contributed by atoms with E-state index in [0.29, 0.717) is 18.0 Å². The van der Waals surface area contributed by atoms with Crippen LogP contribution in [-0.4, -0.2) is 14.2 Å². The van der Waals surface area contributed by atoms with E-state index in [2.05, 4.69) is 5.32 Å². The highest BCUT2D eigenvalue weighted by Gasteiger charge is 2.09. The molecule has 0 aliphatic heterocycles. The summed E-state index contributed by atoms with van der Waals surface area (Å²) in [4.78, 5) is 0. The van der Waals surface area contributed by atoms with Gasteiger partial charge in [-0.25, -0.2) is 8.78 Å². The van der Waals surface area contributed by atoms with Crippen LogP contribution >= 0.6 is 0 Å². The van der Waals surface area contributed by atoms with Crippen molar-refractivity contribution < 1.29 is 18.3 Å². The smallest absolute Gasteiger partial charge is 0.161 e. The fraction of sp³-hybridized carbons (Fsp3) is 0.250. The first kappa shape index (κ1) is 15.3. The van der Waals surface area contributed by atoms with Crippen molar-refractivity contribution in [2.24, 2.45) is 0 Å². The molecule has 0 saturated heterocycles. The van der Waals surface area contributed by atoms with Crippen molar-refractivity contribution in [2.45, 2.75) is 13.2 Å². The van der Waals surface area contributed by atoms with Gasteiger partial charge in [-0.1, -0.05) is 6.07 Å². The predicted octanol–water partition coefficient (Wildman–Crippen LogP) is 3.27. The third kappa shape index (κ3) is 3.92. The standard InChI is InChI=1S/C16H17F2NO2/c1-19-9-11-3-6-15(20-2)16(7-11)21-10-12-8-13(17)4-5-14(12)18/h3-8,19H,9-10H2,1-2H3. The zero-order valence-corrected chi connectivity index (χ0v) is 12.0. The molecule has 2 aromatic carbocycles. The molecule has 1 N–H and O–H groups in total. The van der Waals surface area contributed by atoms with Crippen LogP contribution in [0.5, 0.6) is 11.5 Å². The zero-order chi connectivity index (χ0) is 15.2. The number of nitrogens with one attached hydrogen (secondary N) is 1. The van der Waals surface area contributed by atoms with Crippen molar-refractivity contribution in [1.82, 2.24) is 5.32 Å². The number of hydrogen-bond donors (Lipinski definition) is 1. The number of hydrogen-bond acceptors (Lipinski definition) is 3. The second kappa shape index (κ2) is 7.04. The summed E-state index contributed by atoms with van der Waals surface area (Å²) in [5, 5.41) is 3.03. The van der Waals surface area contributed by atoms with E-state index < -0.39 is 11.6 Å². The first-order valence-electron chi connectivity index (χ1n) is 6.52. The van der Waals surface area contributed by atoms with Gasteiger partial charge in [0.15, 0.2) is 11.5 Å². The molecular weight excluding hydrogens is 276 g/mol. The van der Waals surface area contributed by atoms with E-state index in [0.717, 1.165) is 23.8 Å². The third-order valence-corrected chi connectivity index (χ3v) is 3.00. The predicted molar refractivity (Wildman–Crippen MR) is 76.4 cm³/mol. The molecule has 0 unspecified atom stereocenters. The molecule has 0 aromatic heterocycles. The van der Waals surface area contributed by atoms with Crippen LogP contribution in [0.4, 0.5) is 8.78 Å². The summed E-state index contributed by atoms with van der Waals surface area (Å²) >= 11 is 0. The molecule has 2 aromatic rings. The van der Waals surface area contributed by atoms with Gasteiger partial charge in [0.05, 0.1) is 7.11 Å². The van der Waals surface area contributed by atoms with E-state index in [1.807, 2.05) is 19.2 Å². The Balaban J connectivity index is 2.18. The lowest BCUT2D eigenvalue weighted by atomic mass is 10.2. The lowest BCUT2D eigenvalue weighted by molar-refractivity contribution is 0.279. The molecular formula is C16H17F2NO2. The van der Waals surface area contributed by atoms with Gasteiger partial charge in [-0.15, -0.1) is 0 Å². The highest BCUT2D eigenvalue weighted by Crippen LogP contribution is 2.29. The fourth-order valence-electron chi connectivity index (χ4n) is 1.96. The van der Waals surface area contributed by atoms with Crippen LogP contribution < -0.4 is 14.8 Å². The number of rotatable bonds is 6. The quantitative estimate of drug-likeness (QED) is 0.886. The van der Waals surface area contributed by atoms with Crippen LogP contribution in [0.2, 0.25) is 0 Å². The van der Waals surface area contributed by atoms with Crippen molar-refractivity contribution in [3.63, 3.8) is 0 Å². The van der Waals surface area contributed by atoms with Crippen molar-refractivity contribution in [2.75, 3.05) is 14.2 Å². The van der Waals surface area contributed by atoms with Crippen LogP contribution in [0.25, 0.3) is 0 Å². The number of ether oxygens (including phenoxy) is 2. The van der Waals surface area contributed by atoms with Gasteiger partial charge in [0, 0.05) is 12.1 Å². The largest absolute Gasteiger partial charge is 0.493 e. The molecule has 112 valence electrons. The average Bonchev–Trinajstić information content (AvgIpc) is 2.49. The Bertz CT molecular complexity index is 617. The van der Waals surface area contributed by atoms with E-state index >= 15 is 0 Å². The van der Waals surface area contributed by atoms with Crippen molar-refractivity contribution in [1.29, 1.82) is 0 Å². The Hall–Kier alpha value is -2.14. The topological polar surface area (TPSA) is 30.5 Å². The summed E-state index contributed by atoms with van der Waals surface area (Å²) in [6.07, 6.45) is 0. The maximum Gasteiger partial charge on any atom is 0.161 e. The minimum absolute atomic E-state index is 0.0665. The zero-order valence-electron chi connectivity index (χ0n) is 12.0. The minimum atomic E-state index is -0.498. The van der Waals surface area contributed by atoms with Gasteiger partial charge in [-0.2, -0.15) is 0 Å². The summed E-state index contributed by atoms with van der Waals surface area (Å²) in [6, 6.07) is 8.79. The summed E-state index contributed by atoms with van der Waals surface area (Å²) in [6.45, 7) is 0.609. The van der Waals surface area contributed by atoms with E-state index in [4.69, 9.17) is 9.47 Å². The van der Waals surface area contributed by atoms with Gasteiger partial charge in [-0.3, -0.25) is 0 Å². The monoisotopic (exact) mass is 293 g/mol. The highest BCUT2D eigenvalue weighted by atomic mass is 19.1. The van der Waals surface area contributed by atoms with E-state index in [-0.39, 0.29) is 12.2 Å². The van der Waals surface area contributed by atoms with Gasteiger partial charge >= 0.3 is 0 Å². The lowest BCUT2D eigenvalue weighted by Crippen LogP contribution is -2.06. The molecule has 0 saturated carbocycles. The van der Waals surface area contributed by atoms with Gasteiger partial charge in [0.1, 0.15) is 18.2 Å². The normalized spacial score (nSPS) is 10.5. The molecule has 0 fully saturated rings. The summed E-state index contributed by atoms with van der Waals surface area (Å²) in [5.41, 5.74) is 1.17.